The summed E-state index contributed by atoms with van der Waals surface area (Å²) in [5.41, 5.74) is 0.477. The molecule has 0 bridgehead atoms. The molecule has 0 amide bonds. The fraction of sp³-hybridized carbons (Fsp3) is 0.923. The second-order valence-electron chi connectivity index (χ2n) is 4.73. The maximum Gasteiger partial charge on any atom is 0.332 e. The van der Waals surface area contributed by atoms with Crippen molar-refractivity contribution in [2.24, 2.45) is 0 Å². The molecule has 0 rings (SSSR count). The van der Waals surface area contributed by atoms with Crippen molar-refractivity contribution in [2.75, 3.05) is 0 Å². The van der Waals surface area contributed by atoms with Gasteiger partial charge >= 0.3 is 7.60 Å². The molecule has 0 fully saturated rings. The minimum atomic E-state index is -3.96. The highest BCUT2D eigenvalue weighted by Gasteiger charge is 2.28. The lowest BCUT2D eigenvalue weighted by molar-refractivity contribution is 0.365. The Morgan fingerprint density at radius 1 is 0.824 bits per heavy atom. The third-order valence-corrected chi connectivity index (χ3v) is 4.32. The third kappa shape index (κ3) is 9.82. The largest absolute Gasteiger partial charge is 0.332 e. The van der Waals surface area contributed by atoms with E-state index >= 15 is 0 Å². The van der Waals surface area contributed by atoms with Crippen molar-refractivity contribution in [1.82, 2.24) is 0 Å². The molecular formula is C13H28O3P. The van der Waals surface area contributed by atoms with Crippen LogP contribution in [0.25, 0.3) is 0 Å². The molecule has 17 heavy (non-hydrogen) atoms. The molecule has 0 aliphatic carbocycles. The molecule has 0 heterocycles. The summed E-state index contributed by atoms with van der Waals surface area (Å²) in [6.45, 7) is 4.27. The van der Waals surface area contributed by atoms with Gasteiger partial charge in [0, 0.05) is 0 Å². The summed E-state index contributed by atoms with van der Waals surface area (Å²) in [5, 5.41) is 0. The van der Waals surface area contributed by atoms with Gasteiger partial charge in [-0.3, -0.25) is 4.57 Å². The van der Waals surface area contributed by atoms with E-state index in [1.54, 1.807) is 0 Å². The van der Waals surface area contributed by atoms with Gasteiger partial charge in [0.25, 0.3) is 0 Å². The highest BCUT2D eigenvalue weighted by molar-refractivity contribution is 7.55. The predicted octanol–water partition coefficient (Wildman–Crippen LogP) is 4.64. The highest BCUT2D eigenvalue weighted by atomic mass is 31.2. The Balaban J connectivity index is 3.86. The summed E-state index contributed by atoms with van der Waals surface area (Å²) in [6.07, 6.45) is 9.83. The van der Waals surface area contributed by atoms with Gasteiger partial charge in [0.05, 0.1) is 5.66 Å². The Kier molecular flexibility index (Phi) is 10.2. The van der Waals surface area contributed by atoms with Crippen LogP contribution >= 0.6 is 7.60 Å². The van der Waals surface area contributed by atoms with E-state index in [1.165, 1.54) is 0 Å². The van der Waals surface area contributed by atoms with Crippen LogP contribution in [0, 0.1) is 5.66 Å². The minimum Gasteiger partial charge on any atom is -0.324 e. The van der Waals surface area contributed by atoms with Crippen molar-refractivity contribution < 1.29 is 14.4 Å². The van der Waals surface area contributed by atoms with Crippen molar-refractivity contribution in [2.45, 2.75) is 78.1 Å². The Bertz CT molecular complexity index is 201. The molecule has 0 saturated heterocycles. The van der Waals surface area contributed by atoms with E-state index in [2.05, 4.69) is 13.8 Å². The Hall–Kier alpha value is 0.150. The standard InChI is InChI=1S/C13H28O3P/c1-3-5-7-9-11-13(17(14,15)16)12-10-8-6-4-2/h3-12H2,1-2H3,(H2,14,15,16). The highest BCUT2D eigenvalue weighted by Crippen LogP contribution is 2.52. The third-order valence-electron chi connectivity index (χ3n) is 3.05. The molecule has 2 N–H and O–H groups in total. The van der Waals surface area contributed by atoms with Crippen molar-refractivity contribution >= 4 is 7.60 Å². The molecule has 0 aromatic heterocycles. The average Bonchev–Trinajstić information content (AvgIpc) is 2.25. The van der Waals surface area contributed by atoms with E-state index in [1.807, 2.05) is 0 Å². The van der Waals surface area contributed by atoms with Crippen LogP contribution < -0.4 is 0 Å². The van der Waals surface area contributed by atoms with Gasteiger partial charge in [0.1, 0.15) is 0 Å². The van der Waals surface area contributed by atoms with E-state index in [4.69, 9.17) is 0 Å². The van der Waals surface area contributed by atoms with Gasteiger partial charge in [-0.2, -0.15) is 0 Å². The van der Waals surface area contributed by atoms with Gasteiger partial charge in [-0.1, -0.05) is 65.2 Å². The molecule has 0 saturated carbocycles. The maximum absolute atomic E-state index is 11.3. The lowest BCUT2D eigenvalue weighted by Crippen LogP contribution is -1.99. The van der Waals surface area contributed by atoms with Crippen molar-refractivity contribution in [1.29, 1.82) is 0 Å². The van der Waals surface area contributed by atoms with Gasteiger partial charge in [-0.05, 0) is 12.8 Å². The molecule has 0 spiro atoms. The lowest BCUT2D eigenvalue weighted by atomic mass is 10.1. The van der Waals surface area contributed by atoms with Gasteiger partial charge in [0.15, 0.2) is 0 Å². The Morgan fingerprint density at radius 3 is 1.53 bits per heavy atom. The van der Waals surface area contributed by atoms with Crippen LogP contribution in [0.5, 0.6) is 0 Å². The minimum absolute atomic E-state index is 0.477. The maximum atomic E-state index is 11.3. The molecule has 1 radical (unpaired) electrons. The predicted molar refractivity (Wildman–Crippen MR) is 72.8 cm³/mol. The van der Waals surface area contributed by atoms with Crippen LogP contribution in [-0.2, 0) is 4.57 Å². The fourth-order valence-corrected chi connectivity index (χ4v) is 2.83. The van der Waals surface area contributed by atoms with Gasteiger partial charge < -0.3 is 9.79 Å². The summed E-state index contributed by atoms with van der Waals surface area (Å²) in [4.78, 5) is 18.5. The van der Waals surface area contributed by atoms with E-state index < -0.39 is 7.60 Å². The smallest absolute Gasteiger partial charge is 0.324 e. The molecule has 0 aromatic carbocycles. The van der Waals surface area contributed by atoms with Crippen LogP contribution in [0.2, 0.25) is 0 Å². The van der Waals surface area contributed by atoms with E-state index in [-0.39, 0.29) is 0 Å². The SMILES string of the molecule is CCCCCC[C](CCCCCC)P(=O)(O)O. The van der Waals surface area contributed by atoms with Crippen LogP contribution in [-0.4, -0.2) is 9.79 Å². The monoisotopic (exact) mass is 263 g/mol. The van der Waals surface area contributed by atoms with Gasteiger partial charge in [-0.15, -0.1) is 0 Å². The molecule has 4 heteroatoms. The zero-order valence-corrected chi connectivity index (χ0v) is 12.2. The number of rotatable bonds is 11. The average molecular weight is 263 g/mol. The van der Waals surface area contributed by atoms with E-state index in [9.17, 15) is 14.4 Å². The summed E-state index contributed by atoms with van der Waals surface area (Å²) in [7, 11) is -3.96. The molecule has 0 aromatic rings. The van der Waals surface area contributed by atoms with Crippen molar-refractivity contribution in [3.05, 3.63) is 5.66 Å². The van der Waals surface area contributed by atoms with Crippen molar-refractivity contribution in [3.8, 4) is 0 Å². The van der Waals surface area contributed by atoms with E-state index in [0.717, 1.165) is 51.4 Å². The molecule has 0 atom stereocenters. The quantitative estimate of drug-likeness (QED) is 0.422. The summed E-state index contributed by atoms with van der Waals surface area (Å²) < 4.78 is 11.3. The first-order chi connectivity index (χ1) is 8.02. The normalized spacial score (nSPS) is 12.3. The van der Waals surface area contributed by atoms with Crippen LogP contribution in [0.1, 0.15) is 78.1 Å². The molecule has 0 unspecified atom stereocenters. The second-order valence-corrected chi connectivity index (χ2v) is 6.45. The zero-order chi connectivity index (χ0) is 13.1. The van der Waals surface area contributed by atoms with Crippen LogP contribution in [0.4, 0.5) is 0 Å². The molecular weight excluding hydrogens is 235 g/mol. The van der Waals surface area contributed by atoms with E-state index in [0.29, 0.717) is 18.5 Å². The first-order valence-electron chi connectivity index (χ1n) is 6.93. The molecule has 3 nitrogen and oxygen atoms in total. The number of hydrogen-bond donors (Lipinski definition) is 2. The zero-order valence-electron chi connectivity index (χ0n) is 11.3. The number of unbranched alkanes of at least 4 members (excludes halogenated alkanes) is 6. The molecule has 0 aliphatic rings. The van der Waals surface area contributed by atoms with Crippen LogP contribution in [0.15, 0.2) is 0 Å². The topological polar surface area (TPSA) is 57.5 Å². The number of hydrogen-bond acceptors (Lipinski definition) is 1. The van der Waals surface area contributed by atoms with Gasteiger partial charge in [0.2, 0.25) is 0 Å². The Morgan fingerprint density at radius 2 is 1.24 bits per heavy atom. The molecule has 103 valence electrons. The molecule has 0 aliphatic heterocycles. The van der Waals surface area contributed by atoms with Crippen molar-refractivity contribution in [3.63, 3.8) is 0 Å². The fourth-order valence-electron chi connectivity index (χ4n) is 1.93. The summed E-state index contributed by atoms with van der Waals surface area (Å²) in [6, 6.07) is 0. The summed E-state index contributed by atoms with van der Waals surface area (Å²) >= 11 is 0. The van der Waals surface area contributed by atoms with Crippen LogP contribution in [0.3, 0.4) is 0 Å². The first kappa shape index (κ1) is 17.2. The van der Waals surface area contributed by atoms with Gasteiger partial charge in [-0.25, -0.2) is 0 Å². The lowest BCUT2D eigenvalue weighted by Gasteiger charge is -2.17. The second kappa shape index (κ2) is 10.1. The summed E-state index contributed by atoms with van der Waals surface area (Å²) in [5.74, 6) is 0. The Labute approximate surface area is 106 Å². The first-order valence-corrected chi connectivity index (χ1v) is 8.54.